The molecular weight excluding hydrogens is 438 g/mol. The molecule has 0 unspecified atom stereocenters. The average molecular weight is 468 g/mol. The minimum absolute atomic E-state index is 0.656. The van der Waals surface area contributed by atoms with Crippen LogP contribution in [0.15, 0.2) is 134 Å². The van der Waals surface area contributed by atoms with Crippen molar-refractivity contribution in [1.29, 1.82) is 5.26 Å². The van der Waals surface area contributed by atoms with Gasteiger partial charge in [-0.1, -0.05) is 61.2 Å². The molecule has 4 aromatic carbocycles. The van der Waals surface area contributed by atoms with E-state index in [1.165, 1.54) is 0 Å². The number of anilines is 5. The maximum atomic E-state index is 9.08. The highest BCUT2D eigenvalue weighted by Gasteiger charge is 2.14. The van der Waals surface area contributed by atoms with E-state index in [1.807, 2.05) is 62.5 Å². The van der Waals surface area contributed by atoms with Crippen LogP contribution in [0.1, 0.15) is 18.1 Å². The fourth-order valence-corrected chi connectivity index (χ4v) is 4.14. The maximum absolute atomic E-state index is 9.08. The number of rotatable bonds is 8. The van der Waals surface area contributed by atoms with Crippen LogP contribution in [0, 0.1) is 11.3 Å². The Bertz CT molecular complexity index is 1410. The van der Waals surface area contributed by atoms with Gasteiger partial charge in [0.15, 0.2) is 0 Å². The Kier molecular flexibility index (Phi) is 7.80. The van der Waals surface area contributed by atoms with Crippen LogP contribution >= 0.6 is 0 Å². The Morgan fingerprint density at radius 3 is 1.94 bits per heavy atom. The minimum Gasteiger partial charge on any atom is -0.345 e. The number of nitriles is 1. The smallest absolute Gasteiger partial charge is 0.0991 e. The van der Waals surface area contributed by atoms with Gasteiger partial charge in [0.2, 0.25) is 0 Å². The van der Waals surface area contributed by atoms with E-state index in [9.17, 15) is 0 Å². The van der Waals surface area contributed by atoms with Crippen molar-refractivity contribution in [3.05, 3.63) is 145 Å². The largest absolute Gasteiger partial charge is 0.345 e. The molecule has 0 saturated heterocycles. The molecule has 0 aliphatic rings. The Morgan fingerprint density at radius 1 is 0.750 bits per heavy atom. The molecule has 0 radical (unpaired) electrons. The number of hydrogen-bond donors (Lipinski definition) is 0. The van der Waals surface area contributed by atoms with Crippen LogP contribution < -0.4 is 9.80 Å². The summed E-state index contributed by atoms with van der Waals surface area (Å²) >= 11 is 0. The van der Waals surface area contributed by atoms with E-state index in [-0.39, 0.29) is 0 Å². The molecule has 3 heteroatoms. The van der Waals surface area contributed by atoms with Crippen molar-refractivity contribution in [3.8, 4) is 6.07 Å². The van der Waals surface area contributed by atoms with Gasteiger partial charge in [0.25, 0.3) is 0 Å². The zero-order chi connectivity index (χ0) is 25.3. The zero-order valence-corrected chi connectivity index (χ0v) is 20.7. The molecular formula is C33H29N3. The highest BCUT2D eigenvalue weighted by atomic mass is 15.1. The van der Waals surface area contributed by atoms with Crippen LogP contribution in [0.25, 0.3) is 5.57 Å². The highest BCUT2D eigenvalue weighted by molar-refractivity contribution is 5.82. The quantitative estimate of drug-likeness (QED) is 0.242. The van der Waals surface area contributed by atoms with Crippen molar-refractivity contribution in [2.24, 2.45) is 0 Å². The van der Waals surface area contributed by atoms with Crippen molar-refractivity contribution in [3.63, 3.8) is 0 Å². The molecule has 0 fully saturated rings. The fourth-order valence-electron chi connectivity index (χ4n) is 4.14. The lowest BCUT2D eigenvalue weighted by Gasteiger charge is -2.27. The summed E-state index contributed by atoms with van der Waals surface area (Å²) in [4.78, 5) is 4.37. The molecule has 0 N–H and O–H groups in total. The van der Waals surface area contributed by atoms with Gasteiger partial charge >= 0.3 is 0 Å². The number of benzene rings is 4. The summed E-state index contributed by atoms with van der Waals surface area (Å²) in [5, 5.41) is 9.08. The van der Waals surface area contributed by atoms with E-state index in [2.05, 4.69) is 101 Å². The molecule has 36 heavy (non-hydrogen) atoms. The molecule has 4 rings (SSSR count). The summed E-state index contributed by atoms with van der Waals surface area (Å²) in [6.07, 6.45) is 7.99. The third kappa shape index (κ3) is 5.46. The first kappa shape index (κ1) is 24.3. The second-order valence-corrected chi connectivity index (χ2v) is 8.31. The molecule has 0 amide bonds. The summed E-state index contributed by atoms with van der Waals surface area (Å²) in [6, 6.07) is 37.3. The van der Waals surface area contributed by atoms with E-state index in [1.54, 1.807) is 0 Å². The van der Waals surface area contributed by atoms with Gasteiger partial charge in [-0.05, 0) is 90.9 Å². The molecule has 0 aliphatic carbocycles. The molecule has 0 aliphatic heterocycles. The third-order valence-corrected chi connectivity index (χ3v) is 5.97. The van der Waals surface area contributed by atoms with E-state index in [0.29, 0.717) is 5.56 Å². The van der Waals surface area contributed by atoms with Gasteiger partial charge in [0.1, 0.15) is 0 Å². The van der Waals surface area contributed by atoms with Crippen molar-refractivity contribution in [2.45, 2.75) is 6.92 Å². The second-order valence-electron chi connectivity index (χ2n) is 8.31. The van der Waals surface area contributed by atoms with Gasteiger partial charge in [-0.2, -0.15) is 5.26 Å². The van der Waals surface area contributed by atoms with Crippen LogP contribution in [0.2, 0.25) is 0 Å². The molecule has 0 spiro atoms. The predicted molar refractivity (Wildman–Crippen MR) is 153 cm³/mol. The van der Waals surface area contributed by atoms with Crippen LogP contribution in [0.3, 0.4) is 0 Å². The van der Waals surface area contributed by atoms with Gasteiger partial charge in [-0.3, -0.25) is 0 Å². The number of allylic oxidation sites excluding steroid dienone is 5. The van der Waals surface area contributed by atoms with Crippen LogP contribution in [0.5, 0.6) is 0 Å². The zero-order valence-electron chi connectivity index (χ0n) is 20.7. The Balaban J connectivity index is 1.72. The summed E-state index contributed by atoms with van der Waals surface area (Å²) in [7, 11) is 2.03. The molecule has 4 aromatic rings. The van der Waals surface area contributed by atoms with E-state index in [0.717, 1.165) is 39.6 Å². The van der Waals surface area contributed by atoms with Crippen LogP contribution in [-0.4, -0.2) is 7.05 Å². The summed E-state index contributed by atoms with van der Waals surface area (Å²) in [6.45, 7) is 5.90. The van der Waals surface area contributed by atoms with Gasteiger partial charge in [-0.25, -0.2) is 0 Å². The summed E-state index contributed by atoms with van der Waals surface area (Å²) < 4.78 is 0. The van der Waals surface area contributed by atoms with Crippen molar-refractivity contribution >= 4 is 34.0 Å². The van der Waals surface area contributed by atoms with Gasteiger partial charge in [-0.15, -0.1) is 0 Å². The Morgan fingerprint density at radius 2 is 1.33 bits per heavy atom. The highest BCUT2D eigenvalue weighted by Crippen LogP contribution is 2.37. The van der Waals surface area contributed by atoms with E-state index < -0.39 is 0 Å². The number of hydrogen-bond acceptors (Lipinski definition) is 3. The first-order valence-corrected chi connectivity index (χ1v) is 11.9. The Labute approximate surface area is 214 Å². The van der Waals surface area contributed by atoms with Crippen molar-refractivity contribution < 1.29 is 0 Å². The van der Waals surface area contributed by atoms with Crippen molar-refractivity contribution in [1.82, 2.24) is 0 Å². The monoisotopic (exact) mass is 467 g/mol. The summed E-state index contributed by atoms with van der Waals surface area (Å²) in [5.41, 5.74) is 8.22. The minimum atomic E-state index is 0.656. The molecule has 0 heterocycles. The molecule has 0 atom stereocenters. The molecule has 0 aromatic heterocycles. The summed E-state index contributed by atoms with van der Waals surface area (Å²) in [5.74, 6) is 0. The standard InChI is InChI=1S/C33H29N3/c1-4-10-27(11-5-2)28-12-9-15-33(24-28)36(31-13-7-6-8-14-31)32-22-20-30(21-23-32)35(3)29-18-16-26(25-34)17-19-29/h4-24H,1H2,2-3H3/b11-5-,27-10+. The van der Waals surface area contributed by atoms with Crippen molar-refractivity contribution in [2.75, 3.05) is 16.8 Å². The predicted octanol–water partition coefficient (Wildman–Crippen LogP) is 8.94. The fraction of sp³-hybridized carbons (Fsp3) is 0.0606. The number of nitrogens with zero attached hydrogens (tertiary/aromatic N) is 3. The molecule has 0 saturated carbocycles. The van der Waals surface area contributed by atoms with E-state index in [4.69, 9.17) is 5.26 Å². The first-order valence-electron chi connectivity index (χ1n) is 11.9. The normalized spacial score (nSPS) is 11.2. The molecule has 3 nitrogen and oxygen atoms in total. The van der Waals surface area contributed by atoms with Gasteiger partial charge in [0, 0.05) is 35.5 Å². The second kappa shape index (κ2) is 11.6. The van der Waals surface area contributed by atoms with Gasteiger partial charge in [0.05, 0.1) is 11.6 Å². The number of para-hydroxylation sites is 1. The Hall–Kier alpha value is -4.81. The lowest BCUT2D eigenvalue weighted by molar-refractivity contribution is 1.20. The van der Waals surface area contributed by atoms with Crippen LogP contribution in [-0.2, 0) is 0 Å². The lowest BCUT2D eigenvalue weighted by Crippen LogP contribution is -2.12. The molecule has 176 valence electrons. The first-order chi connectivity index (χ1) is 17.6. The van der Waals surface area contributed by atoms with Gasteiger partial charge < -0.3 is 9.80 Å². The van der Waals surface area contributed by atoms with E-state index >= 15 is 0 Å². The SMILES string of the molecule is C=C/C=C(\C=C/C)c1cccc(N(c2ccccc2)c2ccc(N(C)c3ccc(C#N)cc3)cc2)c1. The van der Waals surface area contributed by atoms with Crippen LogP contribution in [0.4, 0.5) is 28.4 Å². The average Bonchev–Trinajstić information content (AvgIpc) is 2.94. The maximum Gasteiger partial charge on any atom is 0.0991 e. The lowest BCUT2D eigenvalue weighted by atomic mass is 10.0. The topological polar surface area (TPSA) is 30.3 Å². The third-order valence-electron chi connectivity index (χ3n) is 5.97. The molecule has 0 bridgehead atoms.